The van der Waals surface area contributed by atoms with Crippen molar-refractivity contribution in [1.82, 2.24) is 5.32 Å². The molecule has 1 aliphatic heterocycles. The van der Waals surface area contributed by atoms with Crippen molar-refractivity contribution in [3.8, 4) is 0 Å². The van der Waals surface area contributed by atoms with Gasteiger partial charge in [-0.1, -0.05) is 18.5 Å². The lowest BCUT2D eigenvalue weighted by Gasteiger charge is -2.30. The van der Waals surface area contributed by atoms with E-state index in [1.54, 1.807) is 12.1 Å². The number of halogens is 2. The van der Waals surface area contributed by atoms with Crippen molar-refractivity contribution in [2.24, 2.45) is 0 Å². The van der Waals surface area contributed by atoms with Crippen molar-refractivity contribution in [3.05, 3.63) is 34.6 Å². The summed E-state index contributed by atoms with van der Waals surface area (Å²) in [4.78, 5) is 0. The zero-order valence-electron chi connectivity index (χ0n) is 11.0. The topological polar surface area (TPSA) is 12.0 Å². The fraction of sp³-hybridized carbons (Fsp3) is 0.571. The second-order valence-corrected chi connectivity index (χ2v) is 7.49. The SMILES string of the molecule is CCNC(Cc1cc(F)ccc1Cl)C1CSCCS1. The Hall–Kier alpha value is 0.1000. The van der Waals surface area contributed by atoms with Crippen LogP contribution in [0.15, 0.2) is 18.2 Å². The summed E-state index contributed by atoms with van der Waals surface area (Å²) in [5.74, 6) is 3.39. The molecule has 0 radical (unpaired) electrons. The third kappa shape index (κ3) is 4.55. The number of thioether (sulfide) groups is 2. The first kappa shape index (κ1) is 15.5. The molecule has 0 bridgehead atoms. The van der Waals surface area contributed by atoms with Gasteiger partial charge in [0.1, 0.15) is 5.82 Å². The molecule has 2 rings (SSSR count). The molecule has 5 heteroatoms. The van der Waals surface area contributed by atoms with Crippen molar-refractivity contribution in [1.29, 1.82) is 0 Å². The standard InChI is InChI=1S/C14H19ClFNS2/c1-2-17-13(14-9-18-5-6-19-14)8-10-7-11(16)3-4-12(10)15/h3-4,7,13-14,17H,2,5-6,8-9H2,1H3. The van der Waals surface area contributed by atoms with Crippen molar-refractivity contribution in [2.45, 2.75) is 24.6 Å². The number of hydrogen-bond donors (Lipinski definition) is 1. The van der Waals surface area contributed by atoms with Gasteiger partial charge in [-0.05, 0) is 36.7 Å². The maximum atomic E-state index is 13.3. The molecule has 0 spiro atoms. The molecule has 1 heterocycles. The smallest absolute Gasteiger partial charge is 0.123 e. The van der Waals surface area contributed by atoms with Crippen LogP contribution in [0.2, 0.25) is 5.02 Å². The fourth-order valence-electron chi connectivity index (χ4n) is 2.27. The molecule has 1 aromatic rings. The van der Waals surface area contributed by atoms with Crippen LogP contribution in [0.5, 0.6) is 0 Å². The Balaban J connectivity index is 2.08. The van der Waals surface area contributed by atoms with E-state index in [1.807, 2.05) is 23.5 Å². The normalized spacial score (nSPS) is 21.3. The Bertz CT molecular complexity index is 410. The summed E-state index contributed by atoms with van der Waals surface area (Å²) in [5.41, 5.74) is 0.906. The molecule has 106 valence electrons. The summed E-state index contributed by atoms with van der Waals surface area (Å²) < 4.78 is 13.3. The van der Waals surface area contributed by atoms with Gasteiger partial charge in [-0.3, -0.25) is 0 Å². The van der Waals surface area contributed by atoms with Gasteiger partial charge < -0.3 is 5.32 Å². The van der Waals surface area contributed by atoms with Gasteiger partial charge >= 0.3 is 0 Å². The molecule has 1 saturated heterocycles. The summed E-state index contributed by atoms with van der Waals surface area (Å²) in [5, 5.41) is 4.78. The van der Waals surface area contributed by atoms with Crippen LogP contribution in [0.3, 0.4) is 0 Å². The first-order valence-electron chi connectivity index (χ1n) is 6.57. The molecule has 19 heavy (non-hydrogen) atoms. The van der Waals surface area contributed by atoms with E-state index < -0.39 is 0 Å². The zero-order chi connectivity index (χ0) is 13.7. The quantitative estimate of drug-likeness (QED) is 0.885. The molecule has 1 nitrogen and oxygen atoms in total. The van der Waals surface area contributed by atoms with Gasteiger partial charge in [0.05, 0.1) is 0 Å². The molecule has 1 fully saturated rings. The third-order valence-electron chi connectivity index (χ3n) is 3.20. The molecule has 0 saturated carbocycles. The van der Waals surface area contributed by atoms with Gasteiger partial charge in [-0.25, -0.2) is 4.39 Å². The highest BCUT2D eigenvalue weighted by atomic mass is 35.5. The maximum Gasteiger partial charge on any atom is 0.123 e. The van der Waals surface area contributed by atoms with Gasteiger partial charge in [0.25, 0.3) is 0 Å². The van der Waals surface area contributed by atoms with Crippen molar-refractivity contribution in [2.75, 3.05) is 23.8 Å². The Morgan fingerprint density at radius 3 is 3.00 bits per heavy atom. The van der Waals surface area contributed by atoms with Gasteiger partial charge in [0.2, 0.25) is 0 Å². The highest BCUT2D eigenvalue weighted by Crippen LogP contribution is 2.29. The Kier molecular flexibility index (Phi) is 6.33. The highest BCUT2D eigenvalue weighted by Gasteiger charge is 2.24. The first-order valence-corrected chi connectivity index (χ1v) is 9.15. The first-order chi connectivity index (χ1) is 9.20. The largest absolute Gasteiger partial charge is 0.313 e. The number of rotatable bonds is 5. The summed E-state index contributed by atoms with van der Waals surface area (Å²) >= 11 is 10.2. The van der Waals surface area contributed by atoms with Crippen LogP contribution >= 0.6 is 35.1 Å². The summed E-state index contributed by atoms with van der Waals surface area (Å²) in [6, 6.07) is 4.99. The fourth-order valence-corrected chi connectivity index (χ4v) is 5.36. The van der Waals surface area contributed by atoms with Gasteiger partial charge in [0, 0.05) is 33.6 Å². The summed E-state index contributed by atoms with van der Waals surface area (Å²) in [6.45, 7) is 3.04. The second kappa shape index (κ2) is 7.77. The van der Waals surface area contributed by atoms with Crippen LogP contribution in [0.1, 0.15) is 12.5 Å². The van der Waals surface area contributed by atoms with Gasteiger partial charge in [-0.15, -0.1) is 0 Å². The van der Waals surface area contributed by atoms with E-state index >= 15 is 0 Å². The average Bonchev–Trinajstić information content (AvgIpc) is 2.43. The van der Waals surface area contributed by atoms with E-state index in [4.69, 9.17) is 11.6 Å². The van der Waals surface area contributed by atoms with E-state index in [0.717, 1.165) is 24.3 Å². The van der Waals surface area contributed by atoms with Crippen LogP contribution in [-0.4, -0.2) is 35.1 Å². The minimum absolute atomic E-state index is 0.208. The van der Waals surface area contributed by atoms with Crippen molar-refractivity contribution >= 4 is 35.1 Å². The average molecular weight is 320 g/mol. The Labute approximate surface area is 128 Å². The van der Waals surface area contributed by atoms with E-state index in [-0.39, 0.29) is 5.82 Å². The Morgan fingerprint density at radius 2 is 2.32 bits per heavy atom. The van der Waals surface area contributed by atoms with E-state index in [0.29, 0.717) is 16.3 Å². The monoisotopic (exact) mass is 319 g/mol. The van der Waals surface area contributed by atoms with Crippen LogP contribution in [0, 0.1) is 5.82 Å². The predicted octanol–water partition coefficient (Wildman–Crippen LogP) is 3.85. The molecule has 2 atom stereocenters. The summed E-state index contributed by atoms with van der Waals surface area (Å²) in [7, 11) is 0. The lowest BCUT2D eigenvalue weighted by molar-refractivity contribution is 0.520. The number of benzene rings is 1. The molecule has 2 unspecified atom stereocenters. The highest BCUT2D eigenvalue weighted by molar-refractivity contribution is 8.06. The lowest BCUT2D eigenvalue weighted by atomic mass is 10.0. The van der Waals surface area contributed by atoms with Gasteiger partial charge in [0.15, 0.2) is 0 Å². The number of nitrogens with one attached hydrogen (secondary N) is 1. The van der Waals surface area contributed by atoms with E-state index in [9.17, 15) is 4.39 Å². The van der Waals surface area contributed by atoms with Crippen LogP contribution < -0.4 is 5.32 Å². The second-order valence-electron chi connectivity index (χ2n) is 4.59. The van der Waals surface area contributed by atoms with Crippen molar-refractivity contribution in [3.63, 3.8) is 0 Å². The zero-order valence-corrected chi connectivity index (χ0v) is 13.4. The molecule has 1 N–H and O–H groups in total. The molecular formula is C14H19ClFNS2. The molecule has 0 amide bonds. The number of likely N-dealkylation sites (N-methyl/N-ethyl adjacent to an activating group) is 1. The Morgan fingerprint density at radius 1 is 1.47 bits per heavy atom. The van der Waals surface area contributed by atoms with Gasteiger partial charge in [-0.2, -0.15) is 23.5 Å². The molecule has 0 aliphatic carbocycles. The predicted molar refractivity (Wildman–Crippen MR) is 86.1 cm³/mol. The number of hydrogen-bond acceptors (Lipinski definition) is 3. The maximum absolute atomic E-state index is 13.3. The molecule has 0 aromatic heterocycles. The summed E-state index contributed by atoms with van der Waals surface area (Å²) in [6.07, 6.45) is 0.794. The minimum Gasteiger partial charge on any atom is -0.313 e. The third-order valence-corrected chi connectivity index (χ3v) is 6.49. The molecule has 1 aromatic carbocycles. The van der Waals surface area contributed by atoms with Crippen molar-refractivity contribution < 1.29 is 4.39 Å². The lowest BCUT2D eigenvalue weighted by Crippen LogP contribution is -2.42. The van der Waals surface area contributed by atoms with E-state index in [2.05, 4.69) is 12.2 Å². The minimum atomic E-state index is -0.208. The van der Waals surface area contributed by atoms with Crippen LogP contribution in [0.4, 0.5) is 4.39 Å². The molecular weight excluding hydrogens is 301 g/mol. The molecule has 1 aliphatic rings. The van der Waals surface area contributed by atoms with Crippen LogP contribution in [0.25, 0.3) is 0 Å². The van der Waals surface area contributed by atoms with E-state index in [1.165, 1.54) is 17.6 Å². The van der Waals surface area contributed by atoms with Crippen LogP contribution in [-0.2, 0) is 6.42 Å².